The van der Waals surface area contributed by atoms with Gasteiger partial charge in [0.05, 0.1) is 17.7 Å². The van der Waals surface area contributed by atoms with E-state index < -0.39 is 6.09 Å². The summed E-state index contributed by atoms with van der Waals surface area (Å²) in [5, 5.41) is 0.463. The third-order valence-corrected chi connectivity index (χ3v) is 3.18. The van der Waals surface area contributed by atoms with Gasteiger partial charge >= 0.3 is 6.09 Å². The van der Waals surface area contributed by atoms with Gasteiger partial charge in [0.15, 0.2) is 10.9 Å². The van der Waals surface area contributed by atoms with Crippen LogP contribution in [0.2, 0.25) is 0 Å². The lowest BCUT2D eigenvalue weighted by molar-refractivity contribution is 0.102. The number of methoxy groups -OCH3 is 1. The number of aryl methyl sites for hydroxylation is 1. The van der Waals surface area contributed by atoms with E-state index in [1.165, 1.54) is 30.3 Å². The molecular formula is C9H12N2O3S. The fraction of sp³-hybridized carbons (Fsp3) is 0.444. The Kier molecular flexibility index (Phi) is 3.41. The average Bonchev–Trinajstić information content (AvgIpc) is 2.58. The van der Waals surface area contributed by atoms with Crippen molar-refractivity contribution < 1.29 is 14.3 Å². The van der Waals surface area contributed by atoms with Gasteiger partial charge in [-0.2, -0.15) is 0 Å². The van der Waals surface area contributed by atoms with Crippen molar-refractivity contribution in [1.29, 1.82) is 0 Å². The summed E-state index contributed by atoms with van der Waals surface area (Å²) >= 11 is 1.18. The molecule has 6 heteroatoms. The van der Waals surface area contributed by atoms with E-state index in [1.807, 2.05) is 0 Å². The quantitative estimate of drug-likeness (QED) is 0.725. The molecule has 1 heterocycles. The summed E-state index contributed by atoms with van der Waals surface area (Å²) in [4.78, 5) is 28.3. The van der Waals surface area contributed by atoms with Crippen molar-refractivity contribution in [3.63, 3.8) is 0 Å². The number of amides is 1. The highest BCUT2D eigenvalue weighted by molar-refractivity contribution is 7.17. The summed E-state index contributed by atoms with van der Waals surface area (Å²) in [6.45, 7) is 3.21. The molecule has 0 aliphatic carbocycles. The first-order chi connectivity index (χ1) is 6.97. The monoisotopic (exact) mass is 228 g/mol. The number of aromatic nitrogens is 1. The number of hydrogen-bond acceptors (Lipinski definition) is 5. The van der Waals surface area contributed by atoms with E-state index in [4.69, 9.17) is 0 Å². The number of hydrogen-bond donors (Lipinski definition) is 0. The molecule has 0 aliphatic heterocycles. The van der Waals surface area contributed by atoms with Crippen LogP contribution in [0.3, 0.4) is 0 Å². The Labute approximate surface area is 91.7 Å². The second-order valence-electron chi connectivity index (χ2n) is 3.00. The molecule has 15 heavy (non-hydrogen) atoms. The fourth-order valence-electron chi connectivity index (χ4n) is 1.07. The predicted molar refractivity (Wildman–Crippen MR) is 57.7 cm³/mol. The SMILES string of the molecule is COC(=O)N(C)c1nc(C)c(C(C)=O)s1. The fourth-order valence-corrected chi connectivity index (χ4v) is 1.98. The summed E-state index contributed by atoms with van der Waals surface area (Å²) in [5.41, 5.74) is 0.637. The molecule has 0 aromatic carbocycles. The number of carbonyl (C=O) groups excluding carboxylic acids is 2. The summed E-state index contributed by atoms with van der Waals surface area (Å²) < 4.78 is 4.54. The molecule has 1 aromatic rings. The van der Waals surface area contributed by atoms with Crippen molar-refractivity contribution in [2.45, 2.75) is 13.8 Å². The molecule has 5 nitrogen and oxygen atoms in total. The van der Waals surface area contributed by atoms with Crippen LogP contribution in [0.1, 0.15) is 22.3 Å². The summed E-state index contributed by atoms with van der Waals surface area (Å²) in [6.07, 6.45) is -0.501. The number of ether oxygens (including phenoxy) is 1. The van der Waals surface area contributed by atoms with E-state index in [0.717, 1.165) is 0 Å². The largest absolute Gasteiger partial charge is 0.452 e. The van der Waals surface area contributed by atoms with Crippen LogP contribution in [0.5, 0.6) is 0 Å². The van der Waals surface area contributed by atoms with E-state index >= 15 is 0 Å². The number of ketones is 1. The maximum atomic E-state index is 11.2. The Morgan fingerprint density at radius 2 is 2.07 bits per heavy atom. The summed E-state index contributed by atoms with van der Waals surface area (Å²) in [5.74, 6) is -0.0467. The highest BCUT2D eigenvalue weighted by Crippen LogP contribution is 2.25. The van der Waals surface area contributed by atoms with Gasteiger partial charge in [-0.15, -0.1) is 0 Å². The topological polar surface area (TPSA) is 59.5 Å². The Morgan fingerprint density at radius 3 is 2.47 bits per heavy atom. The zero-order valence-electron chi connectivity index (χ0n) is 9.03. The minimum absolute atomic E-state index is 0.0467. The molecule has 1 aromatic heterocycles. The molecule has 82 valence electrons. The van der Waals surface area contributed by atoms with E-state index in [2.05, 4.69) is 9.72 Å². The number of rotatable bonds is 2. The highest BCUT2D eigenvalue weighted by Gasteiger charge is 2.18. The van der Waals surface area contributed by atoms with Gasteiger partial charge in [-0.1, -0.05) is 11.3 Å². The van der Waals surface area contributed by atoms with Crippen molar-refractivity contribution in [3.05, 3.63) is 10.6 Å². The number of thiazole rings is 1. The average molecular weight is 228 g/mol. The van der Waals surface area contributed by atoms with E-state index in [0.29, 0.717) is 15.7 Å². The molecule has 0 N–H and O–H groups in total. The van der Waals surface area contributed by atoms with Gasteiger partial charge in [0, 0.05) is 14.0 Å². The zero-order valence-corrected chi connectivity index (χ0v) is 9.84. The number of anilines is 1. The molecule has 0 fully saturated rings. The second kappa shape index (κ2) is 4.39. The Morgan fingerprint density at radius 1 is 1.47 bits per heavy atom. The third-order valence-electron chi connectivity index (χ3n) is 1.84. The maximum Gasteiger partial charge on any atom is 0.415 e. The maximum absolute atomic E-state index is 11.2. The summed E-state index contributed by atoms with van der Waals surface area (Å²) in [6, 6.07) is 0. The minimum Gasteiger partial charge on any atom is -0.452 e. The molecule has 0 aliphatic rings. The molecule has 0 saturated carbocycles. The molecule has 0 spiro atoms. The molecule has 0 atom stereocenters. The van der Waals surface area contributed by atoms with Crippen LogP contribution in [0.25, 0.3) is 0 Å². The lowest BCUT2D eigenvalue weighted by atomic mass is 10.3. The van der Waals surface area contributed by atoms with Crippen LogP contribution in [0.4, 0.5) is 9.93 Å². The minimum atomic E-state index is -0.501. The van der Waals surface area contributed by atoms with E-state index in [9.17, 15) is 9.59 Å². The molecule has 1 amide bonds. The van der Waals surface area contributed by atoms with Crippen LogP contribution in [-0.4, -0.2) is 31.0 Å². The van der Waals surface area contributed by atoms with Gasteiger partial charge in [0.25, 0.3) is 0 Å². The van der Waals surface area contributed by atoms with Crippen molar-refractivity contribution in [2.24, 2.45) is 0 Å². The number of Topliss-reactive ketones (excluding diaryl/α,β-unsaturated/α-hetero) is 1. The first-order valence-electron chi connectivity index (χ1n) is 4.27. The first-order valence-corrected chi connectivity index (χ1v) is 5.09. The van der Waals surface area contributed by atoms with Crippen LogP contribution in [0.15, 0.2) is 0 Å². The molecule has 0 saturated heterocycles. The molecular weight excluding hydrogens is 216 g/mol. The zero-order chi connectivity index (χ0) is 11.6. The normalized spacial score (nSPS) is 9.87. The van der Waals surface area contributed by atoms with Crippen molar-refractivity contribution in [1.82, 2.24) is 4.98 Å². The van der Waals surface area contributed by atoms with Crippen molar-refractivity contribution >= 4 is 28.3 Å². The van der Waals surface area contributed by atoms with Crippen LogP contribution >= 0.6 is 11.3 Å². The van der Waals surface area contributed by atoms with Crippen molar-refractivity contribution in [2.75, 3.05) is 19.1 Å². The highest BCUT2D eigenvalue weighted by atomic mass is 32.1. The van der Waals surface area contributed by atoms with Crippen LogP contribution in [-0.2, 0) is 4.74 Å². The van der Waals surface area contributed by atoms with E-state index in [-0.39, 0.29) is 5.78 Å². The number of nitrogens with zero attached hydrogens (tertiary/aromatic N) is 2. The molecule has 1 rings (SSSR count). The van der Waals surface area contributed by atoms with Gasteiger partial charge in [0.2, 0.25) is 0 Å². The lowest BCUT2D eigenvalue weighted by Crippen LogP contribution is -2.25. The van der Waals surface area contributed by atoms with Crippen LogP contribution < -0.4 is 4.90 Å². The van der Waals surface area contributed by atoms with Gasteiger partial charge in [-0.25, -0.2) is 9.78 Å². The standard InChI is InChI=1S/C9H12N2O3S/c1-5-7(6(2)12)15-8(10-5)11(3)9(13)14-4/h1-4H3. The Hall–Kier alpha value is -1.43. The Bertz CT molecular complexity index is 400. The van der Waals surface area contributed by atoms with Gasteiger partial charge in [-0.3, -0.25) is 9.69 Å². The first kappa shape index (κ1) is 11.6. The molecule has 0 radical (unpaired) electrons. The molecule has 0 bridgehead atoms. The van der Waals surface area contributed by atoms with E-state index in [1.54, 1.807) is 14.0 Å². The third kappa shape index (κ3) is 2.33. The smallest absolute Gasteiger partial charge is 0.415 e. The van der Waals surface area contributed by atoms with Crippen molar-refractivity contribution in [3.8, 4) is 0 Å². The van der Waals surface area contributed by atoms with Gasteiger partial charge in [0.1, 0.15) is 0 Å². The second-order valence-corrected chi connectivity index (χ2v) is 3.97. The van der Waals surface area contributed by atoms with Gasteiger partial charge in [-0.05, 0) is 6.92 Å². The predicted octanol–water partition coefficient (Wildman–Crippen LogP) is 1.86. The van der Waals surface area contributed by atoms with Gasteiger partial charge < -0.3 is 4.74 Å². The summed E-state index contributed by atoms with van der Waals surface area (Å²) in [7, 11) is 2.85. The number of carbonyl (C=O) groups is 2. The van der Waals surface area contributed by atoms with Crippen LogP contribution in [0, 0.1) is 6.92 Å². The Balaban J connectivity index is 3.02. The molecule has 0 unspecified atom stereocenters. The lowest BCUT2D eigenvalue weighted by Gasteiger charge is -2.10.